The second-order valence-electron chi connectivity index (χ2n) is 5.67. The zero-order valence-corrected chi connectivity index (χ0v) is 12.4. The number of hydrogen-bond donors (Lipinski definition) is 0. The SMILES string of the molecule is O=c1oc2ccccc2c2c1Cc1c(c3ccccc3oc1=O)O2. The summed E-state index contributed by atoms with van der Waals surface area (Å²) in [6, 6.07) is 14.4. The van der Waals surface area contributed by atoms with Crippen LogP contribution < -0.4 is 16.0 Å². The predicted octanol–water partition coefficient (Wildman–Crippen LogP) is 3.60. The third-order valence-electron chi connectivity index (χ3n) is 4.27. The molecule has 1 aliphatic rings. The number of ether oxygens (including phenoxy) is 1. The molecule has 2 aromatic heterocycles. The third-order valence-corrected chi connectivity index (χ3v) is 4.27. The maximum Gasteiger partial charge on any atom is 0.343 e. The lowest BCUT2D eigenvalue weighted by molar-refractivity contribution is 0.438. The topological polar surface area (TPSA) is 69.7 Å². The molecule has 5 nitrogen and oxygen atoms in total. The van der Waals surface area contributed by atoms with Crippen molar-refractivity contribution in [2.24, 2.45) is 0 Å². The lowest BCUT2D eigenvalue weighted by Gasteiger charge is -2.20. The number of para-hydroxylation sites is 2. The maximum atomic E-state index is 12.3. The van der Waals surface area contributed by atoms with Gasteiger partial charge in [-0.2, -0.15) is 0 Å². The summed E-state index contributed by atoms with van der Waals surface area (Å²) in [5.74, 6) is 0.898. The summed E-state index contributed by atoms with van der Waals surface area (Å²) < 4.78 is 16.7. The Kier molecular flexibility index (Phi) is 2.51. The molecule has 0 amide bonds. The van der Waals surface area contributed by atoms with Gasteiger partial charge in [-0.05, 0) is 24.3 Å². The highest BCUT2D eigenvalue weighted by Gasteiger charge is 2.28. The van der Waals surface area contributed by atoms with E-state index in [0.29, 0.717) is 44.6 Å². The number of hydrogen-bond acceptors (Lipinski definition) is 5. The minimum atomic E-state index is -0.498. The molecule has 1 aliphatic heterocycles. The van der Waals surface area contributed by atoms with E-state index in [1.54, 1.807) is 24.3 Å². The fourth-order valence-electron chi connectivity index (χ4n) is 3.14. The summed E-state index contributed by atoms with van der Waals surface area (Å²) in [4.78, 5) is 24.6. The van der Waals surface area contributed by atoms with Crippen LogP contribution in [-0.2, 0) is 6.42 Å². The Morgan fingerprint density at radius 1 is 0.667 bits per heavy atom. The van der Waals surface area contributed by atoms with Crippen LogP contribution in [0.5, 0.6) is 11.5 Å². The van der Waals surface area contributed by atoms with Crippen LogP contribution >= 0.6 is 0 Å². The highest BCUT2D eigenvalue weighted by molar-refractivity contribution is 5.89. The summed E-state index contributed by atoms with van der Waals surface area (Å²) in [5, 5.41) is 1.41. The maximum absolute atomic E-state index is 12.3. The lowest BCUT2D eigenvalue weighted by Crippen LogP contribution is -2.20. The zero-order valence-electron chi connectivity index (χ0n) is 12.4. The molecular formula is C19H10O5. The van der Waals surface area contributed by atoms with Gasteiger partial charge in [0.05, 0.1) is 21.9 Å². The van der Waals surface area contributed by atoms with E-state index in [-0.39, 0.29) is 6.42 Å². The molecule has 0 fully saturated rings. The molecule has 0 N–H and O–H groups in total. The highest BCUT2D eigenvalue weighted by atomic mass is 16.5. The Hall–Kier alpha value is -3.34. The van der Waals surface area contributed by atoms with E-state index in [1.807, 2.05) is 24.3 Å². The van der Waals surface area contributed by atoms with Crippen molar-refractivity contribution in [3.8, 4) is 11.5 Å². The first-order valence-electron chi connectivity index (χ1n) is 7.49. The molecule has 4 aromatic rings. The average molecular weight is 318 g/mol. The third kappa shape index (κ3) is 1.69. The Labute approximate surface area is 134 Å². The zero-order chi connectivity index (χ0) is 16.3. The van der Waals surface area contributed by atoms with Gasteiger partial charge in [0.25, 0.3) is 0 Å². The van der Waals surface area contributed by atoms with Gasteiger partial charge in [-0.15, -0.1) is 0 Å². The van der Waals surface area contributed by atoms with Crippen molar-refractivity contribution in [1.29, 1.82) is 0 Å². The summed E-state index contributed by atoms with van der Waals surface area (Å²) in [6.07, 6.45) is 0.130. The minimum Gasteiger partial charge on any atom is -0.455 e. The molecule has 0 spiro atoms. The first kappa shape index (κ1) is 13.1. The van der Waals surface area contributed by atoms with Crippen molar-refractivity contribution in [3.63, 3.8) is 0 Å². The van der Waals surface area contributed by atoms with Gasteiger partial charge in [0.1, 0.15) is 22.7 Å². The molecule has 5 rings (SSSR count). The molecule has 24 heavy (non-hydrogen) atoms. The fraction of sp³-hybridized carbons (Fsp3) is 0.0526. The Morgan fingerprint density at radius 2 is 1.12 bits per heavy atom. The first-order valence-corrected chi connectivity index (χ1v) is 7.49. The lowest BCUT2D eigenvalue weighted by atomic mass is 10.00. The van der Waals surface area contributed by atoms with E-state index in [0.717, 1.165) is 0 Å². The standard InChI is InChI=1S/C19H10O5/c20-18-12-9-13-17(11-6-2-4-8-15(11)23-19(13)21)24-16(12)10-5-1-3-7-14(10)22-18/h1-8H,9H2. The molecule has 0 saturated carbocycles. The molecular weight excluding hydrogens is 308 g/mol. The van der Waals surface area contributed by atoms with Crippen LogP contribution in [0.15, 0.2) is 67.0 Å². The van der Waals surface area contributed by atoms with Crippen LogP contribution in [-0.4, -0.2) is 0 Å². The van der Waals surface area contributed by atoms with Crippen molar-refractivity contribution in [2.75, 3.05) is 0 Å². The molecule has 2 aromatic carbocycles. The van der Waals surface area contributed by atoms with Crippen molar-refractivity contribution in [1.82, 2.24) is 0 Å². The molecule has 0 unspecified atom stereocenters. The largest absolute Gasteiger partial charge is 0.455 e. The second kappa shape index (κ2) is 4.58. The van der Waals surface area contributed by atoms with Crippen molar-refractivity contribution in [3.05, 3.63) is 80.5 Å². The monoisotopic (exact) mass is 318 g/mol. The number of fused-ring (bicyclic) bond motifs is 6. The van der Waals surface area contributed by atoms with Crippen molar-refractivity contribution >= 4 is 21.9 Å². The molecule has 5 heteroatoms. The van der Waals surface area contributed by atoms with E-state index < -0.39 is 11.3 Å². The minimum absolute atomic E-state index is 0.130. The summed E-state index contributed by atoms with van der Waals surface area (Å²) in [6.45, 7) is 0. The van der Waals surface area contributed by atoms with E-state index in [1.165, 1.54) is 0 Å². The van der Waals surface area contributed by atoms with Gasteiger partial charge >= 0.3 is 11.3 Å². The van der Waals surface area contributed by atoms with Gasteiger partial charge in [0.15, 0.2) is 0 Å². The van der Waals surface area contributed by atoms with E-state index in [9.17, 15) is 9.59 Å². The van der Waals surface area contributed by atoms with Gasteiger partial charge in [0.2, 0.25) is 0 Å². The van der Waals surface area contributed by atoms with Gasteiger partial charge in [-0.25, -0.2) is 9.59 Å². The molecule has 0 saturated heterocycles. The average Bonchev–Trinajstić information content (AvgIpc) is 2.61. The van der Waals surface area contributed by atoms with Crippen molar-refractivity contribution < 1.29 is 13.6 Å². The molecule has 0 atom stereocenters. The predicted molar refractivity (Wildman–Crippen MR) is 87.8 cm³/mol. The van der Waals surface area contributed by atoms with Crippen LogP contribution in [0.3, 0.4) is 0 Å². The van der Waals surface area contributed by atoms with E-state index in [2.05, 4.69) is 0 Å². The number of benzene rings is 2. The normalized spacial score (nSPS) is 12.7. The quantitative estimate of drug-likeness (QED) is 0.408. The van der Waals surface area contributed by atoms with Crippen LogP contribution in [0.2, 0.25) is 0 Å². The van der Waals surface area contributed by atoms with Gasteiger partial charge in [-0.1, -0.05) is 24.3 Å². The number of rotatable bonds is 0. The van der Waals surface area contributed by atoms with Crippen molar-refractivity contribution in [2.45, 2.75) is 6.42 Å². The molecule has 0 bridgehead atoms. The smallest absolute Gasteiger partial charge is 0.343 e. The first-order chi connectivity index (χ1) is 11.7. The van der Waals surface area contributed by atoms with Crippen LogP contribution in [0.25, 0.3) is 21.9 Å². The summed E-state index contributed by atoms with van der Waals surface area (Å²) >= 11 is 0. The molecule has 0 aliphatic carbocycles. The second-order valence-corrected chi connectivity index (χ2v) is 5.67. The van der Waals surface area contributed by atoms with Gasteiger partial charge in [-0.3, -0.25) is 0 Å². The Balaban J connectivity index is 1.89. The van der Waals surface area contributed by atoms with Crippen LogP contribution in [0.4, 0.5) is 0 Å². The van der Waals surface area contributed by atoms with E-state index in [4.69, 9.17) is 13.6 Å². The summed E-state index contributed by atoms with van der Waals surface area (Å²) in [5.41, 5.74) is 0.588. The fourth-order valence-corrected chi connectivity index (χ4v) is 3.14. The van der Waals surface area contributed by atoms with E-state index >= 15 is 0 Å². The molecule has 0 radical (unpaired) electrons. The Bertz CT molecular complexity index is 1150. The highest BCUT2D eigenvalue weighted by Crippen LogP contribution is 2.41. The molecule has 3 heterocycles. The van der Waals surface area contributed by atoms with Gasteiger partial charge < -0.3 is 13.6 Å². The van der Waals surface area contributed by atoms with Crippen LogP contribution in [0, 0.1) is 0 Å². The Morgan fingerprint density at radius 3 is 1.62 bits per heavy atom. The molecule has 116 valence electrons. The van der Waals surface area contributed by atoms with Crippen LogP contribution in [0.1, 0.15) is 11.1 Å². The summed E-state index contributed by atoms with van der Waals surface area (Å²) in [7, 11) is 0. The van der Waals surface area contributed by atoms with Gasteiger partial charge in [0, 0.05) is 6.42 Å².